The Labute approximate surface area is 117 Å². The molecule has 0 heterocycles. The molecule has 0 aliphatic heterocycles. The third kappa shape index (κ3) is 3.16. The number of methoxy groups -OCH3 is 1. The second-order valence-electron chi connectivity index (χ2n) is 4.24. The fraction of sp³-hybridized carbons (Fsp3) is 0.188. The van der Waals surface area contributed by atoms with Crippen molar-refractivity contribution >= 4 is 6.29 Å². The minimum Gasteiger partial charge on any atom is -0.496 e. The van der Waals surface area contributed by atoms with Crippen molar-refractivity contribution in [3.8, 4) is 11.5 Å². The van der Waals surface area contributed by atoms with Crippen LogP contribution in [0.15, 0.2) is 42.5 Å². The van der Waals surface area contributed by atoms with E-state index in [1.54, 1.807) is 37.4 Å². The maximum Gasteiger partial charge on any atom is 0.150 e. The quantitative estimate of drug-likeness (QED) is 0.821. The van der Waals surface area contributed by atoms with Crippen LogP contribution in [0.2, 0.25) is 0 Å². The number of ether oxygens (including phenoxy) is 2. The van der Waals surface area contributed by atoms with Crippen LogP contribution in [0, 0.1) is 0 Å². The Morgan fingerprint density at radius 1 is 1.10 bits per heavy atom. The van der Waals surface area contributed by atoms with Gasteiger partial charge in [0.05, 0.1) is 13.7 Å². The number of aliphatic hydroxyl groups is 1. The zero-order valence-corrected chi connectivity index (χ0v) is 11.2. The van der Waals surface area contributed by atoms with E-state index in [9.17, 15) is 9.90 Å². The van der Waals surface area contributed by atoms with Gasteiger partial charge in [0.25, 0.3) is 0 Å². The fourth-order valence-electron chi connectivity index (χ4n) is 1.92. The minimum atomic E-state index is -0.0817. The van der Waals surface area contributed by atoms with Gasteiger partial charge >= 0.3 is 0 Å². The van der Waals surface area contributed by atoms with Gasteiger partial charge in [0.15, 0.2) is 0 Å². The minimum absolute atomic E-state index is 0.0817. The third-order valence-electron chi connectivity index (χ3n) is 2.97. The molecule has 4 nitrogen and oxygen atoms in total. The van der Waals surface area contributed by atoms with Crippen LogP contribution in [0.4, 0.5) is 0 Å². The number of aliphatic hydroxyl groups excluding tert-OH is 1. The molecular formula is C16H16O4. The number of rotatable bonds is 6. The van der Waals surface area contributed by atoms with E-state index in [0.29, 0.717) is 17.1 Å². The predicted octanol–water partition coefficient (Wildman–Crippen LogP) is 2.58. The van der Waals surface area contributed by atoms with Crippen LogP contribution in [-0.4, -0.2) is 18.5 Å². The third-order valence-corrected chi connectivity index (χ3v) is 2.97. The van der Waals surface area contributed by atoms with E-state index >= 15 is 0 Å². The highest BCUT2D eigenvalue weighted by Gasteiger charge is 2.07. The van der Waals surface area contributed by atoms with Crippen molar-refractivity contribution in [2.75, 3.05) is 7.11 Å². The maximum absolute atomic E-state index is 10.8. The Bertz CT molecular complexity index is 593. The van der Waals surface area contributed by atoms with Crippen molar-refractivity contribution in [1.29, 1.82) is 0 Å². The van der Waals surface area contributed by atoms with E-state index in [1.165, 1.54) is 0 Å². The van der Waals surface area contributed by atoms with Gasteiger partial charge in [-0.05, 0) is 24.3 Å². The number of aldehydes is 1. The highest BCUT2D eigenvalue weighted by molar-refractivity contribution is 5.75. The van der Waals surface area contributed by atoms with Crippen molar-refractivity contribution in [2.45, 2.75) is 13.2 Å². The van der Waals surface area contributed by atoms with Gasteiger partial charge in [-0.2, -0.15) is 0 Å². The number of benzene rings is 2. The first-order valence-electron chi connectivity index (χ1n) is 6.22. The van der Waals surface area contributed by atoms with E-state index in [2.05, 4.69) is 0 Å². The van der Waals surface area contributed by atoms with Gasteiger partial charge in [-0.1, -0.05) is 18.2 Å². The molecule has 2 aromatic rings. The summed E-state index contributed by atoms with van der Waals surface area (Å²) in [7, 11) is 1.57. The SMILES string of the molecule is COc1ccc(C=O)cc1COc1ccccc1CO. The van der Waals surface area contributed by atoms with E-state index < -0.39 is 0 Å². The summed E-state index contributed by atoms with van der Waals surface area (Å²) in [5.74, 6) is 1.28. The molecule has 0 saturated carbocycles. The molecule has 2 rings (SSSR count). The molecule has 0 saturated heterocycles. The molecule has 0 aromatic heterocycles. The Kier molecular flexibility index (Phi) is 4.74. The summed E-state index contributed by atoms with van der Waals surface area (Å²) in [5.41, 5.74) is 2.07. The summed E-state index contributed by atoms with van der Waals surface area (Å²) < 4.78 is 10.9. The highest BCUT2D eigenvalue weighted by Crippen LogP contribution is 2.23. The monoisotopic (exact) mass is 272 g/mol. The van der Waals surface area contributed by atoms with E-state index in [1.807, 2.05) is 12.1 Å². The molecule has 0 aliphatic rings. The van der Waals surface area contributed by atoms with Crippen molar-refractivity contribution in [3.05, 3.63) is 59.2 Å². The van der Waals surface area contributed by atoms with Gasteiger partial charge in [-0.25, -0.2) is 0 Å². The van der Waals surface area contributed by atoms with Gasteiger partial charge in [0, 0.05) is 16.7 Å². The highest BCUT2D eigenvalue weighted by atomic mass is 16.5. The number of carbonyl (C=O) groups is 1. The van der Waals surface area contributed by atoms with E-state index in [4.69, 9.17) is 9.47 Å². The second kappa shape index (κ2) is 6.73. The molecule has 0 fully saturated rings. The average Bonchev–Trinajstić information content (AvgIpc) is 2.52. The first-order chi connectivity index (χ1) is 9.78. The smallest absolute Gasteiger partial charge is 0.150 e. The first-order valence-corrected chi connectivity index (χ1v) is 6.22. The van der Waals surface area contributed by atoms with Gasteiger partial charge in [-0.3, -0.25) is 4.79 Å². The molecule has 0 bridgehead atoms. The topological polar surface area (TPSA) is 55.8 Å². The van der Waals surface area contributed by atoms with Crippen LogP contribution in [0.3, 0.4) is 0 Å². The van der Waals surface area contributed by atoms with Crippen LogP contribution in [0.25, 0.3) is 0 Å². The van der Waals surface area contributed by atoms with Crippen molar-refractivity contribution in [2.24, 2.45) is 0 Å². The Morgan fingerprint density at radius 3 is 2.60 bits per heavy atom. The standard InChI is InChI=1S/C16H16O4/c1-19-15-7-6-12(9-17)8-14(15)11-20-16-5-3-2-4-13(16)10-18/h2-9,18H,10-11H2,1H3. The normalized spacial score (nSPS) is 10.1. The lowest BCUT2D eigenvalue weighted by Gasteiger charge is -2.12. The maximum atomic E-state index is 10.8. The Hall–Kier alpha value is -2.33. The molecule has 0 atom stereocenters. The van der Waals surface area contributed by atoms with Crippen molar-refractivity contribution in [3.63, 3.8) is 0 Å². The second-order valence-corrected chi connectivity index (χ2v) is 4.24. The lowest BCUT2D eigenvalue weighted by molar-refractivity contribution is 0.112. The number of para-hydroxylation sites is 1. The largest absolute Gasteiger partial charge is 0.496 e. The molecule has 104 valence electrons. The molecule has 0 aliphatic carbocycles. The van der Waals surface area contributed by atoms with Crippen molar-refractivity contribution in [1.82, 2.24) is 0 Å². The molecule has 0 radical (unpaired) electrons. The number of hydrogen-bond acceptors (Lipinski definition) is 4. The van der Waals surface area contributed by atoms with Crippen LogP contribution < -0.4 is 9.47 Å². The summed E-state index contributed by atoms with van der Waals surface area (Å²) >= 11 is 0. The number of hydrogen-bond donors (Lipinski definition) is 1. The van der Waals surface area contributed by atoms with Gasteiger partial charge < -0.3 is 14.6 Å². The molecular weight excluding hydrogens is 256 g/mol. The molecule has 1 N–H and O–H groups in total. The summed E-state index contributed by atoms with van der Waals surface area (Å²) in [6.45, 7) is 0.184. The fourth-order valence-corrected chi connectivity index (χ4v) is 1.92. The van der Waals surface area contributed by atoms with Gasteiger partial charge in [0.1, 0.15) is 24.4 Å². The average molecular weight is 272 g/mol. The molecule has 0 amide bonds. The first kappa shape index (κ1) is 14.1. The summed E-state index contributed by atoms with van der Waals surface area (Å²) in [5, 5.41) is 9.25. The van der Waals surface area contributed by atoms with Gasteiger partial charge in [-0.15, -0.1) is 0 Å². The lowest BCUT2D eigenvalue weighted by Crippen LogP contribution is -2.01. The zero-order chi connectivity index (χ0) is 14.4. The van der Waals surface area contributed by atoms with Crippen LogP contribution in [-0.2, 0) is 13.2 Å². The Morgan fingerprint density at radius 2 is 1.90 bits per heavy atom. The summed E-state index contributed by atoms with van der Waals surface area (Å²) in [4.78, 5) is 10.8. The zero-order valence-electron chi connectivity index (χ0n) is 11.2. The van der Waals surface area contributed by atoms with Crippen LogP contribution in [0.1, 0.15) is 21.5 Å². The van der Waals surface area contributed by atoms with Crippen LogP contribution >= 0.6 is 0 Å². The number of carbonyl (C=O) groups excluding carboxylic acids is 1. The molecule has 2 aromatic carbocycles. The molecule has 0 unspecified atom stereocenters. The van der Waals surface area contributed by atoms with E-state index in [0.717, 1.165) is 17.4 Å². The molecule has 0 spiro atoms. The summed E-state index contributed by atoms with van der Waals surface area (Å²) in [6.07, 6.45) is 0.782. The molecule has 20 heavy (non-hydrogen) atoms. The summed E-state index contributed by atoms with van der Waals surface area (Å²) in [6, 6.07) is 12.4. The lowest BCUT2D eigenvalue weighted by atomic mass is 10.1. The van der Waals surface area contributed by atoms with Gasteiger partial charge in [0.2, 0.25) is 0 Å². The Balaban J connectivity index is 2.19. The van der Waals surface area contributed by atoms with Crippen molar-refractivity contribution < 1.29 is 19.4 Å². The predicted molar refractivity (Wildman–Crippen MR) is 75.1 cm³/mol. The van der Waals surface area contributed by atoms with Crippen LogP contribution in [0.5, 0.6) is 11.5 Å². The molecule has 4 heteroatoms. The van der Waals surface area contributed by atoms with E-state index in [-0.39, 0.29) is 13.2 Å².